The Hall–Kier alpha value is -5.57. The summed E-state index contributed by atoms with van der Waals surface area (Å²) in [6, 6.07) is 19.1. The van der Waals surface area contributed by atoms with Gasteiger partial charge in [-0.25, -0.2) is 14.0 Å². The predicted octanol–water partition coefficient (Wildman–Crippen LogP) is 5.72. The van der Waals surface area contributed by atoms with E-state index in [4.69, 9.17) is 4.52 Å². The number of nitrogens with zero attached hydrogens (tertiary/aromatic N) is 4. The molecule has 46 heavy (non-hydrogen) atoms. The molecule has 4 aromatic heterocycles. The van der Waals surface area contributed by atoms with Crippen LogP contribution in [0, 0.1) is 5.82 Å². The van der Waals surface area contributed by atoms with Crippen molar-refractivity contribution >= 4 is 32.5 Å². The second-order valence-corrected chi connectivity index (χ2v) is 11.6. The summed E-state index contributed by atoms with van der Waals surface area (Å²) in [7, 11) is 0. The molecule has 0 saturated carbocycles. The van der Waals surface area contributed by atoms with Crippen LogP contribution < -0.4 is 17.0 Å². The third-order valence-electron chi connectivity index (χ3n) is 7.37. The second kappa shape index (κ2) is 11.1. The molecule has 0 saturated heterocycles. The zero-order chi connectivity index (χ0) is 32.2. The smallest absolute Gasteiger partial charge is 0.356 e. The van der Waals surface area contributed by atoms with E-state index < -0.39 is 35.4 Å². The molecule has 0 unspecified atom stereocenters. The van der Waals surface area contributed by atoms with Crippen molar-refractivity contribution in [2.45, 2.75) is 25.7 Å². The van der Waals surface area contributed by atoms with Crippen LogP contribution in [0.15, 0.2) is 96.2 Å². The molecule has 0 aliphatic rings. The standard InChI is InChI=1S/C31H19F4N5O5S/c32-18-9-10-22-24(37-44-25(22)11-18)15-39-27(41)23-12-19(13-31(33,34)35)46-28(23)40(30(39)43)14-16-5-7-17(8-6-16)20-3-1-2-4-21(20)26-36-29(42)45-38-26/h1-12H,13-15H2,(H,36,38,42). The molecule has 232 valence electrons. The molecule has 7 aromatic rings. The minimum absolute atomic E-state index is 0.0464. The topological polar surface area (TPSA) is 129 Å². The van der Waals surface area contributed by atoms with Gasteiger partial charge < -0.3 is 4.52 Å². The van der Waals surface area contributed by atoms with Crippen LogP contribution in [0.1, 0.15) is 16.1 Å². The molecule has 7 rings (SSSR count). The Labute approximate surface area is 257 Å². The fourth-order valence-corrected chi connectivity index (χ4v) is 6.47. The zero-order valence-corrected chi connectivity index (χ0v) is 24.1. The lowest BCUT2D eigenvalue weighted by Gasteiger charge is -2.12. The number of halogens is 4. The van der Waals surface area contributed by atoms with Gasteiger partial charge in [-0.15, -0.1) is 11.3 Å². The summed E-state index contributed by atoms with van der Waals surface area (Å²) in [5, 5.41) is 8.01. The predicted molar refractivity (Wildman–Crippen MR) is 160 cm³/mol. The SMILES string of the molecule is O=c1[nH]c(-c2ccccc2-c2ccc(Cn3c(=O)n(Cc4noc5cc(F)ccc45)c(=O)c4cc(CC(F)(F)F)sc43)cc2)no1. The van der Waals surface area contributed by atoms with Gasteiger partial charge in [-0.2, -0.15) is 13.2 Å². The quantitative estimate of drug-likeness (QED) is 0.219. The van der Waals surface area contributed by atoms with Crippen LogP contribution >= 0.6 is 11.3 Å². The monoisotopic (exact) mass is 649 g/mol. The molecule has 15 heteroatoms. The van der Waals surface area contributed by atoms with Crippen LogP contribution in [0.5, 0.6) is 0 Å². The van der Waals surface area contributed by atoms with Gasteiger partial charge in [0.05, 0.1) is 24.9 Å². The van der Waals surface area contributed by atoms with Crippen LogP contribution in [-0.4, -0.2) is 30.6 Å². The lowest BCUT2D eigenvalue weighted by Crippen LogP contribution is -2.40. The molecule has 10 nitrogen and oxygen atoms in total. The van der Waals surface area contributed by atoms with Gasteiger partial charge >= 0.3 is 17.6 Å². The van der Waals surface area contributed by atoms with Gasteiger partial charge in [0.1, 0.15) is 16.3 Å². The van der Waals surface area contributed by atoms with Gasteiger partial charge in [-0.1, -0.05) is 58.8 Å². The maximum atomic E-state index is 13.9. The van der Waals surface area contributed by atoms with Crippen molar-refractivity contribution in [1.29, 1.82) is 0 Å². The molecule has 1 N–H and O–H groups in total. The number of H-pyrrole nitrogens is 1. The van der Waals surface area contributed by atoms with Crippen molar-refractivity contribution in [2.75, 3.05) is 0 Å². The molecule has 0 aliphatic heterocycles. The van der Waals surface area contributed by atoms with Gasteiger partial charge in [0, 0.05) is 21.9 Å². The van der Waals surface area contributed by atoms with Crippen molar-refractivity contribution in [3.63, 3.8) is 0 Å². The highest BCUT2D eigenvalue weighted by Gasteiger charge is 2.30. The molecule has 0 atom stereocenters. The summed E-state index contributed by atoms with van der Waals surface area (Å²) in [5.74, 6) is -1.01. The summed E-state index contributed by atoms with van der Waals surface area (Å²) < 4.78 is 65.6. The van der Waals surface area contributed by atoms with E-state index in [9.17, 15) is 31.9 Å². The number of alkyl halides is 3. The fourth-order valence-electron chi connectivity index (χ4n) is 5.30. The third kappa shape index (κ3) is 5.45. The van der Waals surface area contributed by atoms with E-state index >= 15 is 0 Å². The molecule has 4 heterocycles. The van der Waals surface area contributed by atoms with Crippen molar-refractivity contribution < 1.29 is 26.6 Å². The minimum Gasteiger partial charge on any atom is -0.356 e. The van der Waals surface area contributed by atoms with Crippen molar-refractivity contribution in [1.82, 2.24) is 24.4 Å². The average Bonchev–Trinajstić information content (AvgIpc) is 3.75. The van der Waals surface area contributed by atoms with E-state index in [1.807, 2.05) is 12.1 Å². The highest BCUT2D eigenvalue weighted by atomic mass is 32.1. The number of rotatable bonds is 7. The molecule has 3 aromatic carbocycles. The number of benzene rings is 3. The first-order valence-corrected chi connectivity index (χ1v) is 14.5. The van der Waals surface area contributed by atoms with Crippen LogP contribution in [0.3, 0.4) is 0 Å². The lowest BCUT2D eigenvalue weighted by atomic mass is 9.98. The molecule has 0 aliphatic carbocycles. The van der Waals surface area contributed by atoms with E-state index in [1.54, 1.807) is 36.4 Å². The van der Waals surface area contributed by atoms with Gasteiger partial charge in [0.2, 0.25) is 0 Å². The van der Waals surface area contributed by atoms with Crippen LogP contribution in [0.4, 0.5) is 17.6 Å². The van der Waals surface area contributed by atoms with Crippen LogP contribution in [0.2, 0.25) is 0 Å². The molecule has 0 spiro atoms. The number of thiophene rings is 1. The lowest BCUT2D eigenvalue weighted by molar-refractivity contribution is -0.126. The summed E-state index contributed by atoms with van der Waals surface area (Å²) >= 11 is 0.730. The second-order valence-electron chi connectivity index (χ2n) is 10.4. The van der Waals surface area contributed by atoms with E-state index in [-0.39, 0.29) is 45.3 Å². The largest absolute Gasteiger partial charge is 0.439 e. The first-order valence-electron chi connectivity index (χ1n) is 13.7. The Kier molecular flexibility index (Phi) is 7.04. The zero-order valence-electron chi connectivity index (χ0n) is 23.3. The van der Waals surface area contributed by atoms with Crippen molar-refractivity contribution in [2.24, 2.45) is 0 Å². The minimum atomic E-state index is -4.52. The number of hydrogen-bond donors (Lipinski definition) is 1. The van der Waals surface area contributed by atoms with E-state index in [0.29, 0.717) is 16.5 Å². The van der Waals surface area contributed by atoms with Crippen LogP contribution in [0.25, 0.3) is 43.7 Å². The van der Waals surface area contributed by atoms with Crippen molar-refractivity contribution in [3.8, 4) is 22.5 Å². The first-order chi connectivity index (χ1) is 22.0. The maximum Gasteiger partial charge on any atom is 0.439 e. The van der Waals surface area contributed by atoms with Crippen LogP contribution in [-0.2, 0) is 19.5 Å². The summed E-state index contributed by atoms with van der Waals surface area (Å²) in [4.78, 5) is 41.4. The fraction of sp³-hybridized carbons (Fsp3) is 0.129. The van der Waals surface area contributed by atoms with Gasteiger partial charge in [0.25, 0.3) is 5.56 Å². The number of aromatic nitrogens is 5. The molecule has 0 radical (unpaired) electrons. The Bertz CT molecular complexity index is 2430. The summed E-state index contributed by atoms with van der Waals surface area (Å²) in [6.07, 6.45) is -5.78. The molecule has 0 bridgehead atoms. The Morgan fingerprint density at radius 2 is 1.59 bits per heavy atom. The van der Waals surface area contributed by atoms with E-state index in [1.165, 1.54) is 16.7 Å². The van der Waals surface area contributed by atoms with Gasteiger partial charge in [-0.3, -0.25) is 23.4 Å². The number of fused-ring (bicyclic) bond motifs is 2. The normalized spacial score (nSPS) is 12.0. The molecular formula is C31H19F4N5O5S. The third-order valence-corrected chi connectivity index (χ3v) is 8.52. The summed E-state index contributed by atoms with van der Waals surface area (Å²) in [6.45, 7) is -0.415. The number of aromatic amines is 1. The Morgan fingerprint density at radius 3 is 2.30 bits per heavy atom. The molecule has 0 amide bonds. The molecule has 0 fully saturated rings. The Balaban J connectivity index is 1.30. The first kappa shape index (κ1) is 29.2. The number of nitrogens with one attached hydrogen (secondary N) is 1. The number of hydrogen-bond acceptors (Lipinski definition) is 8. The maximum absolute atomic E-state index is 13.9. The van der Waals surface area contributed by atoms with E-state index in [2.05, 4.69) is 19.8 Å². The highest BCUT2D eigenvalue weighted by Crippen LogP contribution is 2.32. The Morgan fingerprint density at radius 1 is 0.826 bits per heavy atom. The molecular weight excluding hydrogens is 630 g/mol. The summed E-state index contributed by atoms with van der Waals surface area (Å²) in [5.41, 5.74) is 1.48. The average molecular weight is 650 g/mol. The highest BCUT2D eigenvalue weighted by molar-refractivity contribution is 7.18. The van der Waals surface area contributed by atoms with Gasteiger partial charge in [-0.05, 0) is 34.9 Å². The van der Waals surface area contributed by atoms with Gasteiger partial charge in [0.15, 0.2) is 11.4 Å². The van der Waals surface area contributed by atoms with Crippen molar-refractivity contribution in [3.05, 3.63) is 126 Å². The van der Waals surface area contributed by atoms with E-state index in [0.717, 1.165) is 39.2 Å².